The predicted octanol–water partition coefficient (Wildman–Crippen LogP) is 1.66. The van der Waals surface area contributed by atoms with E-state index < -0.39 is 4.92 Å². The summed E-state index contributed by atoms with van der Waals surface area (Å²) in [5.41, 5.74) is -0.502. The van der Waals surface area contributed by atoms with Crippen molar-refractivity contribution in [3.63, 3.8) is 0 Å². The minimum atomic E-state index is -0.650. The van der Waals surface area contributed by atoms with E-state index >= 15 is 0 Å². The molecule has 1 amide bonds. The van der Waals surface area contributed by atoms with Crippen LogP contribution in [0.15, 0.2) is 18.2 Å². The number of nitro benzene ring substituents is 1. The van der Waals surface area contributed by atoms with Gasteiger partial charge in [-0.25, -0.2) is 0 Å². The summed E-state index contributed by atoms with van der Waals surface area (Å²) >= 11 is 0. The highest BCUT2D eigenvalue weighted by molar-refractivity contribution is 5.96. The normalized spacial score (nSPS) is 22.2. The van der Waals surface area contributed by atoms with Gasteiger partial charge in [0, 0.05) is 6.07 Å². The molecule has 1 saturated heterocycles. The van der Waals surface area contributed by atoms with Crippen molar-refractivity contribution in [3.8, 4) is 5.75 Å². The maximum atomic E-state index is 12.0. The molecule has 7 nitrogen and oxygen atoms in total. The molecule has 0 aliphatic carbocycles. The lowest BCUT2D eigenvalue weighted by Gasteiger charge is -2.10. The van der Waals surface area contributed by atoms with Crippen LogP contribution in [-0.2, 0) is 9.53 Å². The van der Waals surface area contributed by atoms with Gasteiger partial charge in [-0.3, -0.25) is 14.9 Å². The van der Waals surface area contributed by atoms with E-state index in [2.05, 4.69) is 5.32 Å². The van der Waals surface area contributed by atoms with Gasteiger partial charge < -0.3 is 15.2 Å². The van der Waals surface area contributed by atoms with E-state index in [0.717, 1.165) is 0 Å². The van der Waals surface area contributed by atoms with Gasteiger partial charge in [0.05, 0.1) is 23.6 Å². The molecule has 1 heterocycles. The lowest BCUT2D eigenvalue weighted by Crippen LogP contribution is -2.23. The van der Waals surface area contributed by atoms with Gasteiger partial charge in [0.1, 0.15) is 5.75 Å². The lowest BCUT2D eigenvalue weighted by atomic mass is 10.1. The number of nitrogens with one attached hydrogen (secondary N) is 1. The van der Waals surface area contributed by atoms with E-state index in [0.29, 0.717) is 6.42 Å². The lowest BCUT2D eigenvalue weighted by molar-refractivity contribution is -0.384. The van der Waals surface area contributed by atoms with Crippen LogP contribution in [0.5, 0.6) is 5.75 Å². The van der Waals surface area contributed by atoms with Gasteiger partial charge >= 0.3 is 0 Å². The highest BCUT2D eigenvalue weighted by Crippen LogP contribution is 2.34. The Hall–Kier alpha value is -2.15. The number of amides is 1. The fourth-order valence-corrected chi connectivity index (χ4v) is 2.03. The molecule has 0 aromatic heterocycles. The highest BCUT2D eigenvalue weighted by Gasteiger charge is 2.30. The highest BCUT2D eigenvalue weighted by atomic mass is 16.6. The van der Waals surface area contributed by atoms with Gasteiger partial charge in [-0.15, -0.1) is 0 Å². The van der Waals surface area contributed by atoms with Gasteiger partial charge in [0.15, 0.2) is 5.69 Å². The van der Waals surface area contributed by atoms with Crippen molar-refractivity contribution < 1.29 is 19.6 Å². The first-order chi connectivity index (χ1) is 8.99. The number of carbonyl (C=O) groups excluding carboxylic acids is 1. The number of phenolic OH excluding ortho intramolecular Hbond substituents is 1. The van der Waals surface area contributed by atoms with Crippen LogP contribution in [0.3, 0.4) is 0 Å². The number of phenols is 1. The van der Waals surface area contributed by atoms with E-state index in [9.17, 15) is 20.0 Å². The molecule has 7 heteroatoms. The minimum Gasteiger partial charge on any atom is -0.505 e. The molecule has 1 aliphatic rings. The third-order valence-electron chi connectivity index (χ3n) is 3.03. The quantitative estimate of drug-likeness (QED) is 0.492. The number of benzene rings is 1. The van der Waals surface area contributed by atoms with Gasteiger partial charge in [-0.2, -0.15) is 0 Å². The van der Waals surface area contributed by atoms with Gasteiger partial charge in [0.25, 0.3) is 5.69 Å². The van der Waals surface area contributed by atoms with Gasteiger partial charge in [0.2, 0.25) is 5.91 Å². The molecule has 1 aromatic carbocycles. The van der Waals surface area contributed by atoms with Crippen molar-refractivity contribution in [1.29, 1.82) is 0 Å². The Bertz CT molecular complexity index is 517. The second-order valence-corrected chi connectivity index (χ2v) is 4.49. The third kappa shape index (κ3) is 2.82. The van der Waals surface area contributed by atoms with Crippen LogP contribution in [0.2, 0.25) is 0 Å². The zero-order valence-electron chi connectivity index (χ0n) is 10.3. The van der Waals surface area contributed by atoms with Crippen LogP contribution in [0.4, 0.5) is 11.4 Å². The smallest absolute Gasteiger partial charge is 0.296 e. The summed E-state index contributed by atoms with van der Waals surface area (Å²) < 4.78 is 5.27. The second kappa shape index (κ2) is 5.23. The summed E-state index contributed by atoms with van der Waals surface area (Å²) in [6.45, 7) is 2.14. The molecule has 0 spiro atoms. The predicted molar refractivity (Wildman–Crippen MR) is 66.9 cm³/mol. The van der Waals surface area contributed by atoms with Gasteiger partial charge in [-0.05, 0) is 19.4 Å². The van der Waals surface area contributed by atoms with Crippen molar-refractivity contribution in [2.75, 3.05) is 11.9 Å². The van der Waals surface area contributed by atoms with E-state index in [1.54, 1.807) is 0 Å². The molecule has 2 rings (SSSR count). The SMILES string of the molecule is CC1CC(C(=O)Nc2c(O)cccc2[N+](=O)[O-])CO1. The molecule has 102 valence electrons. The molecule has 0 saturated carbocycles. The summed E-state index contributed by atoms with van der Waals surface area (Å²) in [4.78, 5) is 22.2. The van der Waals surface area contributed by atoms with Crippen LogP contribution in [-0.4, -0.2) is 28.6 Å². The van der Waals surface area contributed by atoms with Crippen LogP contribution < -0.4 is 5.32 Å². The fourth-order valence-electron chi connectivity index (χ4n) is 2.03. The summed E-state index contributed by atoms with van der Waals surface area (Å²) in [7, 11) is 0. The summed E-state index contributed by atoms with van der Waals surface area (Å²) in [5.74, 6) is -1.06. The largest absolute Gasteiger partial charge is 0.505 e. The Labute approximate surface area is 109 Å². The van der Waals surface area contributed by atoms with Crippen LogP contribution in [0, 0.1) is 16.0 Å². The standard InChI is InChI=1S/C12H14N2O5/c1-7-5-8(6-19-7)12(16)13-11-9(14(17)18)3-2-4-10(11)15/h2-4,7-8,15H,5-6H2,1H3,(H,13,16). The van der Waals surface area contributed by atoms with Crippen LogP contribution in [0.1, 0.15) is 13.3 Å². The van der Waals surface area contributed by atoms with Crippen molar-refractivity contribution >= 4 is 17.3 Å². The molecular formula is C12H14N2O5. The molecule has 1 aromatic rings. The van der Waals surface area contributed by atoms with Crippen molar-refractivity contribution in [3.05, 3.63) is 28.3 Å². The number of nitro groups is 1. The summed E-state index contributed by atoms with van der Waals surface area (Å²) in [6, 6.07) is 3.86. The topological polar surface area (TPSA) is 102 Å². The number of carbonyl (C=O) groups is 1. The fraction of sp³-hybridized carbons (Fsp3) is 0.417. The van der Waals surface area contributed by atoms with E-state index in [4.69, 9.17) is 4.74 Å². The molecule has 19 heavy (non-hydrogen) atoms. The molecule has 0 radical (unpaired) electrons. The summed E-state index contributed by atoms with van der Waals surface area (Å²) in [5, 5.41) is 22.9. The Kier molecular flexibility index (Phi) is 3.66. The molecule has 0 bridgehead atoms. The van der Waals surface area contributed by atoms with Crippen molar-refractivity contribution in [1.82, 2.24) is 0 Å². The molecule has 2 N–H and O–H groups in total. The van der Waals surface area contributed by atoms with Gasteiger partial charge in [-0.1, -0.05) is 6.07 Å². The van der Waals surface area contributed by atoms with Crippen LogP contribution in [0.25, 0.3) is 0 Å². The van der Waals surface area contributed by atoms with E-state index in [-0.39, 0.29) is 41.7 Å². The third-order valence-corrected chi connectivity index (χ3v) is 3.03. The Morgan fingerprint density at radius 3 is 2.89 bits per heavy atom. The first kappa shape index (κ1) is 13.3. The van der Waals surface area contributed by atoms with E-state index in [1.165, 1.54) is 18.2 Å². The Balaban J connectivity index is 2.19. The maximum absolute atomic E-state index is 12.0. The first-order valence-electron chi connectivity index (χ1n) is 5.88. The molecule has 1 fully saturated rings. The maximum Gasteiger partial charge on any atom is 0.296 e. The number of hydrogen-bond acceptors (Lipinski definition) is 5. The zero-order valence-corrected chi connectivity index (χ0v) is 10.3. The van der Waals surface area contributed by atoms with Crippen molar-refractivity contribution in [2.24, 2.45) is 5.92 Å². The average Bonchev–Trinajstić information content (AvgIpc) is 2.78. The number of aromatic hydroxyl groups is 1. The monoisotopic (exact) mass is 266 g/mol. The minimum absolute atomic E-state index is 0.00453. The number of anilines is 1. The second-order valence-electron chi connectivity index (χ2n) is 4.49. The van der Waals surface area contributed by atoms with Crippen molar-refractivity contribution in [2.45, 2.75) is 19.4 Å². The number of hydrogen-bond donors (Lipinski definition) is 2. The van der Waals surface area contributed by atoms with E-state index in [1.807, 2.05) is 6.92 Å². The summed E-state index contributed by atoms with van der Waals surface area (Å²) in [6.07, 6.45) is 0.558. The number of rotatable bonds is 3. The molecule has 2 atom stereocenters. The number of ether oxygens (including phenoxy) is 1. The van der Waals surface area contributed by atoms with Crippen LogP contribution >= 0.6 is 0 Å². The molecule has 1 aliphatic heterocycles. The molecular weight excluding hydrogens is 252 g/mol. The Morgan fingerprint density at radius 1 is 1.58 bits per heavy atom. The number of nitrogens with zero attached hydrogens (tertiary/aromatic N) is 1. The Morgan fingerprint density at radius 2 is 2.32 bits per heavy atom. The molecule has 2 unspecified atom stereocenters. The first-order valence-corrected chi connectivity index (χ1v) is 5.88. The number of para-hydroxylation sites is 1. The average molecular weight is 266 g/mol. The zero-order chi connectivity index (χ0) is 14.0.